The van der Waals surface area contributed by atoms with Crippen LogP contribution in [-0.2, 0) is 23.7 Å². The van der Waals surface area contributed by atoms with E-state index in [0.29, 0.717) is 0 Å². The Bertz CT molecular complexity index is 981. The quantitative estimate of drug-likeness (QED) is 0.333. The van der Waals surface area contributed by atoms with Gasteiger partial charge in [0.1, 0.15) is 24.4 Å². The number of fused-ring (bicyclic) bond motifs is 4. The van der Waals surface area contributed by atoms with E-state index < -0.39 is 36.2 Å². The first-order chi connectivity index (χ1) is 14.2. The number of hydrogen-bond acceptors (Lipinski definition) is 6. The smallest absolute Gasteiger partial charge is 0.190 e. The van der Waals surface area contributed by atoms with Gasteiger partial charge >= 0.3 is 0 Å². The maximum absolute atomic E-state index is 12.9. The lowest BCUT2D eigenvalue weighted by atomic mass is 9.99. The molecule has 0 N–H and O–H groups in total. The molecule has 3 aliphatic rings. The fourth-order valence-electron chi connectivity index (χ4n) is 4.59. The first-order valence-electron chi connectivity index (χ1n) is 10.3. The number of ether oxygens (including phenoxy) is 5. The molecule has 7 heteroatoms. The minimum absolute atomic E-state index is 0.0941. The fourth-order valence-corrected chi connectivity index (χ4v) is 4.59. The Kier molecular flexibility index (Phi) is 4.65. The summed E-state index contributed by atoms with van der Waals surface area (Å²) < 4.78 is 31.2. The van der Waals surface area contributed by atoms with Crippen LogP contribution in [0.2, 0.25) is 0 Å². The molecule has 0 radical (unpaired) electrons. The summed E-state index contributed by atoms with van der Waals surface area (Å²) in [4.78, 5) is 0. The Hall–Kier alpha value is -2.03. The molecule has 160 valence electrons. The van der Waals surface area contributed by atoms with E-state index in [0.717, 1.165) is 21.1 Å². The van der Waals surface area contributed by atoms with Gasteiger partial charge in [0.2, 0.25) is 0 Å². The average Bonchev–Trinajstić information content (AvgIpc) is 3.16. The van der Waals surface area contributed by atoms with Crippen molar-refractivity contribution in [3.05, 3.63) is 53.2 Å². The normalized spacial score (nSPS) is 34.7. The van der Waals surface area contributed by atoms with Crippen molar-refractivity contribution in [1.29, 1.82) is 0 Å². The molecule has 30 heavy (non-hydrogen) atoms. The third kappa shape index (κ3) is 3.61. The van der Waals surface area contributed by atoms with Gasteiger partial charge in [-0.05, 0) is 44.5 Å². The SMILES string of the molecule is CC1(C)O[C@H]2[C@@H](O1)[C@@H](C/[N+]([O-])=C/c1cccc3ccccc13)O[C@@H]1OC(C)(C)O[C@@H]12. The first-order valence-corrected chi connectivity index (χ1v) is 10.3. The molecule has 2 aromatic rings. The first kappa shape index (κ1) is 19.9. The van der Waals surface area contributed by atoms with Gasteiger partial charge in [-0.1, -0.05) is 36.4 Å². The van der Waals surface area contributed by atoms with Gasteiger partial charge in [0.25, 0.3) is 0 Å². The summed E-state index contributed by atoms with van der Waals surface area (Å²) in [6, 6.07) is 13.9. The van der Waals surface area contributed by atoms with E-state index in [1.807, 2.05) is 70.2 Å². The van der Waals surface area contributed by atoms with Crippen molar-refractivity contribution in [2.24, 2.45) is 0 Å². The second-order valence-electron chi connectivity index (χ2n) is 9.00. The van der Waals surface area contributed by atoms with Crippen molar-refractivity contribution in [3.8, 4) is 0 Å². The van der Waals surface area contributed by atoms with Crippen molar-refractivity contribution in [2.45, 2.75) is 70.0 Å². The van der Waals surface area contributed by atoms with Crippen LogP contribution in [0, 0.1) is 5.21 Å². The van der Waals surface area contributed by atoms with Crippen molar-refractivity contribution in [1.82, 2.24) is 0 Å². The molecule has 3 heterocycles. The minimum atomic E-state index is -0.783. The molecule has 0 bridgehead atoms. The molecule has 0 spiro atoms. The Labute approximate surface area is 175 Å². The average molecular weight is 413 g/mol. The lowest BCUT2D eigenvalue weighted by Crippen LogP contribution is -2.56. The molecule has 3 fully saturated rings. The summed E-state index contributed by atoms with van der Waals surface area (Å²) in [5, 5.41) is 15.0. The fraction of sp³-hybridized carbons (Fsp3) is 0.522. The van der Waals surface area contributed by atoms with Gasteiger partial charge in [-0.15, -0.1) is 0 Å². The molecule has 0 aliphatic carbocycles. The summed E-state index contributed by atoms with van der Waals surface area (Å²) in [7, 11) is 0. The topological polar surface area (TPSA) is 72.2 Å². The highest BCUT2D eigenvalue weighted by molar-refractivity contribution is 5.98. The highest BCUT2D eigenvalue weighted by Gasteiger charge is 2.61. The van der Waals surface area contributed by atoms with Gasteiger partial charge in [0, 0.05) is 5.56 Å². The van der Waals surface area contributed by atoms with E-state index in [1.165, 1.54) is 0 Å². The van der Waals surface area contributed by atoms with Crippen molar-refractivity contribution in [3.63, 3.8) is 0 Å². The van der Waals surface area contributed by atoms with E-state index in [9.17, 15) is 5.21 Å². The van der Waals surface area contributed by atoms with E-state index in [-0.39, 0.29) is 12.6 Å². The molecule has 3 aliphatic heterocycles. The maximum Gasteiger partial charge on any atom is 0.190 e. The monoisotopic (exact) mass is 413 g/mol. The molecule has 7 nitrogen and oxygen atoms in total. The molecule has 0 unspecified atom stereocenters. The van der Waals surface area contributed by atoms with Crippen LogP contribution in [-0.4, -0.2) is 59.8 Å². The second kappa shape index (κ2) is 7.00. The van der Waals surface area contributed by atoms with Crippen LogP contribution >= 0.6 is 0 Å². The molecular weight excluding hydrogens is 386 g/mol. The van der Waals surface area contributed by atoms with Gasteiger partial charge in [-0.2, -0.15) is 0 Å². The van der Waals surface area contributed by atoms with Crippen LogP contribution in [0.15, 0.2) is 42.5 Å². The second-order valence-corrected chi connectivity index (χ2v) is 9.00. The van der Waals surface area contributed by atoms with E-state index >= 15 is 0 Å². The Balaban J connectivity index is 1.41. The standard InChI is InChI=1S/C23H27NO6/c1-22(2)27-18-17(26-21-20(19(18)28-22)29-23(3,4)30-21)13-24(25)12-15-10-7-9-14-8-5-6-11-16(14)15/h5-12,17-21H,13H2,1-4H3/b24-12-/t17-,18+,19+,20-,21-/m1/s1. The Morgan fingerprint density at radius 1 is 0.867 bits per heavy atom. The molecule has 2 aromatic carbocycles. The number of hydrogen-bond donors (Lipinski definition) is 0. The number of nitrogens with zero attached hydrogens (tertiary/aromatic N) is 1. The van der Waals surface area contributed by atoms with Gasteiger partial charge in [0.15, 0.2) is 30.6 Å². The third-order valence-corrected chi connectivity index (χ3v) is 5.72. The highest BCUT2D eigenvalue weighted by Crippen LogP contribution is 2.44. The van der Waals surface area contributed by atoms with Crippen LogP contribution in [0.3, 0.4) is 0 Å². The lowest BCUT2D eigenvalue weighted by Gasteiger charge is -2.36. The molecule has 5 atom stereocenters. The number of rotatable bonds is 3. The van der Waals surface area contributed by atoms with Crippen LogP contribution in [0.5, 0.6) is 0 Å². The summed E-state index contributed by atoms with van der Waals surface area (Å²) in [5.74, 6) is -1.56. The summed E-state index contributed by atoms with van der Waals surface area (Å²) >= 11 is 0. The molecule has 0 saturated carbocycles. The predicted molar refractivity (Wildman–Crippen MR) is 110 cm³/mol. The number of hydroxylamine groups is 1. The van der Waals surface area contributed by atoms with Crippen LogP contribution < -0.4 is 0 Å². The van der Waals surface area contributed by atoms with Crippen LogP contribution in [0.4, 0.5) is 0 Å². The van der Waals surface area contributed by atoms with Gasteiger partial charge < -0.3 is 28.9 Å². The van der Waals surface area contributed by atoms with E-state index in [1.54, 1.807) is 6.21 Å². The van der Waals surface area contributed by atoms with Gasteiger partial charge in [-0.25, -0.2) is 4.74 Å². The van der Waals surface area contributed by atoms with Crippen molar-refractivity contribution >= 4 is 17.0 Å². The van der Waals surface area contributed by atoms with Crippen LogP contribution in [0.1, 0.15) is 33.3 Å². The lowest BCUT2D eigenvalue weighted by molar-refractivity contribution is -0.474. The molecule has 0 amide bonds. The molecule has 0 aromatic heterocycles. The highest BCUT2D eigenvalue weighted by atomic mass is 16.9. The Morgan fingerprint density at radius 3 is 2.37 bits per heavy atom. The summed E-state index contributed by atoms with van der Waals surface area (Å²) in [5.41, 5.74) is 0.860. The number of benzene rings is 2. The van der Waals surface area contributed by atoms with Crippen molar-refractivity contribution in [2.75, 3.05) is 6.54 Å². The largest absolute Gasteiger partial charge is 0.624 e. The molecule has 3 saturated heterocycles. The van der Waals surface area contributed by atoms with Gasteiger partial charge in [0.05, 0.1) is 0 Å². The third-order valence-electron chi connectivity index (χ3n) is 5.72. The van der Waals surface area contributed by atoms with Crippen LogP contribution in [0.25, 0.3) is 10.8 Å². The maximum atomic E-state index is 12.9. The Morgan fingerprint density at radius 2 is 1.53 bits per heavy atom. The summed E-state index contributed by atoms with van der Waals surface area (Å²) in [6.45, 7) is 7.49. The molecule has 5 rings (SSSR count). The van der Waals surface area contributed by atoms with E-state index in [2.05, 4.69) is 0 Å². The minimum Gasteiger partial charge on any atom is -0.624 e. The van der Waals surface area contributed by atoms with Crippen molar-refractivity contribution < 1.29 is 28.4 Å². The van der Waals surface area contributed by atoms with E-state index in [4.69, 9.17) is 23.7 Å². The molecular formula is C23H27NO6. The van der Waals surface area contributed by atoms with Gasteiger partial charge in [-0.3, -0.25) is 0 Å². The zero-order valence-electron chi connectivity index (χ0n) is 17.6. The summed E-state index contributed by atoms with van der Waals surface area (Å²) in [6.07, 6.45) is -0.698. The predicted octanol–water partition coefficient (Wildman–Crippen LogP) is 3.17. The zero-order chi connectivity index (χ0) is 21.1. The zero-order valence-corrected chi connectivity index (χ0v) is 17.6.